The summed E-state index contributed by atoms with van der Waals surface area (Å²) in [5, 5.41) is 0. The van der Waals surface area contributed by atoms with Crippen LogP contribution in [0.1, 0.15) is 30.4 Å². The summed E-state index contributed by atoms with van der Waals surface area (Å²) in [5.41, 5.74) is 2.67. The van der Waals surface area contributed by atoms with Gasteiger partial charge in [0.05, 0.1) is 5.92 Å². The molecule has 0 radical (unpaired) electrons. The lowest BCUT2D eigenvalue weighted by atomic mass is 9.77. The normalized spacial score (nSPS) is 32.0. The first-order valence-electron chi connectivity index (χ1n) is 8.44. The zero-order valence-electron chi connectivity index (χ0n) is 13.3. The lowest BCUT2D eigenvalue weighted by Crippen LogP contribution is -2.40. The molecule has 1 aromatic carbocycles. The Balaban J connectivity index is 1.65. The molecule has 1 saturated carbocycles. The van der Waals surface area contributed by atoms with Crippen molar-refractivity contribution in [3.05, 3.63) is 47.5 Å². The van der Waals surface area contributed by atoms with E-state index in [0.717, 1.165) is 29.5 Å². The summed E-state index contributed by atoms with van der Waals surface area (Å²) in [7, 11) is 0. The van der Waals surface area contributed by atoms with Gasteiger partial charge in [-0.15, -0.1) is 0 Å². The summed E-state index contributed by atoms with van der Waals surface area (Å²) in [6.45, 7) is 2.95. The van der Waals surface area contributed by atoms with Crippen LogP contribution < -0.4 is 0 Å². The Morgan fingerprint density at radius 3 is 2.65 bits per heavy atom. The molecule has 1 aliphatic heterocycles. The Kier molecular flexibility index (Phi) is 4.06. The second-order valence-corrected chi connectivity index (χ2v) is 8.43. The zero-order valence-corrected chi connectivity index (χ0v) is 14.9. The summed E-state index contributed by atoms with van der Waals surface area (Å²) in [6, 6.07) is 8.89. The second-order valence-electron chi connectivity index (χ2n) is 6.70. The average Bonchev–Trinajstić information content (AvgIpc) is 3.29. The highest BCUT2D eigenvalue weighted by molar-refractivity contribution is 8.23. The van der Waals surface area contributed by atoms with Crippen molar-refractivity contribution in [3.8, 4) is 0 Å². The van der Waals surface area contributed by atoms with E-state index >= 15 is 0 Å². The maximum atomic E-state index is 13.1. The predicted molar refractivity (Wildman–Crippen MR) is 99.6 cm³/mol. The van der Waals surface area contributed by atoms with Gasteiger partial charge in [0, 0.05) is 18.2 Å². The summed E-state index contributed by atoms with van der Waals surface area (Å²) >= 11 is 7.01. The lowest BCUT2D eigenvalue weighted by molar-refractivity contribution is -0.132. The standard InChI is InChI=1S/C19H21NOS2/c1-2-12-3-5-13(6-4-12)16-14-7-8-15(11-14)17(16)18(21)20-9-10-23-19(20)22/h3-8,14-17H,2,9-11H2,1H3/t14-,15+,16+,17+/m0/s1. The topological polar surface area (TPSA) is 20.3 Å². The fraction of sp³-hybridized carbons (Fsp3) is 0.474. The number of thioether (sulfide) groups is 1. The van der Waals surface area contributed by atoms with Gasteiger partial charge in [-0.05, 0) is 35.8 Å². The van der Waals surface area contributed by atoms with Crippen molar-refractivity contribution in [3.63, 3.8) is 0 Å². The van der Waals surface area contributed by atoms with Gasteiger partial charge in [-0.2, -0.15) is 0 Å². The van der Waals surface area contributed by atoms with Gasteiger partial charge in [-0.1, -0.05) is 67.3 Å². The molecule has 1 aromatic rings. The molecule has 0 N–H and O–H groups in total. The van der Waals surface area contributed by atoms with Crippen molar-refractivity contribution in [2.45, 2.75) is 25.7 Å². The van der Waals surface area contributed by atoms with E-state index in [1.807, 2.05) is 4.90 Å². The Morgan fingerprint density at radius 2 is 2.00 bits per heavy atom. The summed E-state index contributed by atoms with van der Waals surface area (Å²) in [4.78, 5) is 15.0. The van der Waals surface area contributed by atoms with Gasteiger partial charge in [0.2, 0.25) is 5.91 Å². The third-order valence-corrected chi connectivity index (χ3v) is 6.97. The van der Waals surface area contributed by atoms with E-state index in [-0.39, 0.29) is 11.8 Å². The SMILES string of the molecule is CCc1ccc([C@H]2[C@H](C(=O)N3CCSC3=S)[C@@H]3C=C[C@H]2C3)cc1. The van der Waals surface area contributed by atoms with Crippen molar-refractivity contribution in [1.82, 2.24) is 4.90 Å². The summed E-state index contributed by atoms with van der Waals surface area (Å²) in [6.07, 6.45) is 6.75. The number of rotatable bonds is 3. The molecular weight excluding hydrogens is 322 g/mol. The third-order valence-electron chi connectivity index (χ3n) is 5.54. The number of nitrogens with zero attached hydrogens (tertiary/aromatic N) is 1. The van der Waals surface area contributed by atoms with Gasteiger partial charge >= 0.3 is 0 Å². The molecule has 2 bridgehead atoms. The van der Waals surface area contributed by atoms with Gasteiger partial charge in [-0.25, -0.2) is 0 Å². The Hall–Kier alpha value is -1.13. The molecule has 0 unspecified atom stereocenters. The molecule has 4 heteroatoms. The number of carbonyl (C=O) groups is 1. The van der Waals surface area contributed by atoms with E-state index in [0.29, 0.717) is 17.8 Å². The molecule has 4 atom stereocenters. The number of benzene rings is 1. The van der Waals surface area contributed by atoms with Crippen LogP contribution in [0.4, 0.5) is 0 Å². The molecule has 23 heavy (non-hydrogen) atoms. The Bertz CT molecular complexity index is 666. The van der Waals surface area contributed by atoms with Crippen LogP contribution in [0.3, 0.4) is 0 Å². The van der Waals surface area contributed by atoms with Crippen molar-refractivity contribution < 1.29 is 4.79 Å². The lowest BCUT2D eigenvalue weighted by Gasteiger charge is -2.30. The maximum absolute atomic E-state index is 13.1. The van der Waals surface area contributed by atoms with Crippen molar-refractivity contribution in [2.24, 2.45) is 17.8 Å². The van der Waals surface area contributed by atoms with Crippen LogP contribution in [-0.2, 0) is 11.2 Å². The van der Waals surface area contributed by atoms with Crippen LogP contribution >= 0.6 is 24.0 Å². The number of aryl methyl sites for hydroxylation is 1. The van der Waals surface area contributed by atoms with Gasteiger partial charge < -0.3 is 0 Å². The maximum Gasteiger partial charge on any atom is 0.232 e. The van der Waals surface area contributed by atoms with Gasteiger partial charge in [-0.3, -0.25) is 9.69 Å². The molecule has 2 nitrogen and oxygen atoms in total. The highest BCUT2D eigenvalue weighted by Crippen LogP contribution is 2.53. The molecule has 120 valence electrons. The molecule has 1 saturated heterocycles. The van der Waals surface area contributed by atoms with Crippen LogP contribution in [0.2, 0.25) is 0 Å². The van der Waals surface area contributed by atoms with Gasteiger partial charge in [0.1, 0.15) is 4.32 Å². The monoisotopic (exact) mass is 343 g/mol. The van der Waals surface area contributed by atoms with Crippen LogP contribution in [0, 0.1) is 17.8 Å². The molecule has 1 heterocycles. The number of hydrogen-bond acceptors (Lipinski definition) is 3. The quantitative estimate of drug-likeness (QED) is 0.611. The highest BCUT2D eigenvalue weighted by Gasteiger charge is 2.50. The highest BCUT2D eigenvalue weighted by atomic mass is 32.2. The minimum absolute atomic E-state index is 0.0640. The Labute approximate surface area is 147 Å². The molecule has 2 aliphatic carbocycles. The number of carbonyl (C=O) groups excluding carboxylic acids is 1. The van der Waals surface area contributed by atoms with Crippen LogP contribution in [-0.4, -0.2) is 27.4 Å². The summed E-state index contributed by atoms with van der Waals surface area (Å²) < 4.78 is 0.766. The number of hydrogen-bond donors (Lipinski definition) is 0. The molecule has 0 aromatic heterocycles. The van der Waals surface area contributed by atoms with E-state index in [4.69, 9.17) is 12.2 Å². The largest absolute Gasteiger partial charge is 0.297 e. The molecule has 1 amide bonds. The van der Waals surface area contributed by atoms with E-state index in [9.17, 15) is 4.79 Å². The average molecular weight is 344 g/mol. The first-order valence-corrected chi connectivity index (χ1v) is 9.83. The minimum atomic E-state index is 0.0640. The molecule has 4 rings (SSSR count). The van der Waals surface area contributed by atoms with E-state index < -0.39 is 0 Å². The summed E-state index contributed by atoms with van der Waals surface area (Å²) in [5.74, 6) is 2.46. The predicted octanol–water partition coefficient (Wildman–Crippen LogP) is 4.02. The molecule has 0 spiro atoms. The molecular formula is C19H21NOS2. The smallest absolute Gasteiger partial charge is 0.232 e. The second kappa shape index (κ2) is 6.06. The number of fused-ring (bicyclic) bond motifs is 2. The fourth-order valence-electron chi connectivity index (χ4n) is 4.36. The van der Waals surface area contributed by atoms with Crippen molar-refractivity contribution in [2.75, 3.05) is 12.3 Å². The Morgan fingerprint density at radius 1 is 1.26 bits per heavy atom. The third kappa shape index (κ3) is 2.56. The number of thiocarbonyl (C=S) groups is 1. The van der Waals surface area contributed by atoms with Crippen LogP contribution in [0.5, 0.6) is 0 Å². The van der Waals surface area contributed by atoms with Gasteiger partial charge in [0.15, 0.2) is 0 Å². The van der Waals surface area contributed by atoms with E-state index in [2.05, 4.69) is 43.3 Å². The fourth-order valence-corrected chi connectivity index (χ4v) is 5.58. The van der Waals surface area contributed by atoms with Crippen molar-refractivity contribution in [1.29, 1.82) is 0 Å². The first kappa shape index (κ1) is 15.4. The van der Waals surface area contributed by atoms with Crippen molar-refractivity contribution >= 4 is 34.2 Å². The van der Waals surface area contributed by atoms with E-state index in [1.165, 1.54) is 11.1 Å². The first-order chi connectivity index (χ1) is 11.2. The molecule has 3 aliphatic rings. The van der Waals surface area contributed by atoms with E-state index in [1.54, 1.807) is 11.8 Å². The number of allylic oxidation sites excluding steroid dienone is 2. The van der Waals surface area contributed by atoms with Gasteiger partial charge in [0.25, 0.3) is 0 Å². The minimum Gasteiger partial charge on any atom is -0.297 e. The van der Waals surface area contributed by atoms with Crippen LogP contribution in [0.25, 0.3) is 0 Å². The van der Waals surface area contributed by atoms with Crippen LogP contribution in [0.15, 0.2) is 36.4 Å². The number of amides is 1. The zero-order chi connectivity index (χ0) is 16.0. The molecule has 2 fully saturated rings.